The molecule has 0 saturated carbocycles. The van der Waals surface area contributed by atoms with Gasteiger partial charge in [-0.2, -0.15) is 0 Å². The zero-order valence-corrected chi connectivity index (χ0v) is 17.1. The second kappa shape index (κ2) is 7.25. The third kappa shape index (κ3) is 3.08. The van der Waals surface area contributed by atoms with Crippen LogP contribution < -0.4 is 5.32 Å². The quantitative estimate of drug-likeness (QED) is 0.863. The van der Waals surface area contributed by atoms with E-state index >= 15 is 0 Å². The first kappa shape index (κ1) is 18.3. The van der Waals surface area contributed by atoms with Crippen molar-refractivity contribution >= 4 is 17.2 Å². The second-order valence-corrected chi connectivity index (χ2v) is 9.76. The normalized spacial score (nSPS) is 27.6. The fraction of sp³-hybridized carbons (Fsp3) is 0.545. The number of fused-ring (bicyclic) bond motifs is 1. The summed E-state index contributed by atoms with van der Waals surface area (Å²) in [6, 6.07) is 8.51. The van der Waals surface area contributed by atoms with Gasteiger partial charge in [0.15, 0.2) is 0 Å². The minimum absolute atomic E-state index is 0.113. The molecular weight excluding hydrogens is 368 g/mol. The zero-order valence-electron chi connectivity index (χ0n) is 16.3. The van der Waals surface area contributed by atoms with Crippen molar-refractivity contribution in [3.63, 3.8) is 0 Å². The maximum Gasteiger partial charge on any atom is 0.228 e. The van der Waals surface area contributed by atoms with Crippen molar-refractivity contribution in [2.24, 2.45) is 10.8 Å². The van der Waals surface area contributed by atoms with Crippen LogP contribution in [-0.2, 0) is 17.9 Å². The Labute approximate surface area is 170 Å². The van der Waals surface area contributed by atoms with Crippen LogP contribution in [0.1, 0.15) is 29.7 Å². The molecule has 1 atom stereocenters. The molecule has 28 heavy (non-hydrogen) atoms. The maximum absolute atomic E-state index is 13.0. The summed E-state index contributed by atoms with van der Waals surface area (Å²) in [4.78, 5) is 23.8. The Morgan fingerprint density at radius 3 is 2.64 bits per heavy atom. The molecule has 6 heteroatoms. The van der Waals surface area contributed by atoms with Crippen molar-refractivity contribution in [1.29, 1.82) is 0 Å². The van der Waals surface area contributed by atoms with Gasteiger partial charge < -0.3 is 5.32 Å². The number of aromatic nitrogens is 1. The monoisotopic (exact) mass is 396 g/mol. The topological polar surface area (TPSA) is 48.5 Å². The summed E-state index contributed by atoms with van der Waals surface area (Å²) < 4.78 is 0. The molecule has 5 heterocycles. The Bertz CT molecular complexity index is 816. The summed E-state index contributed by atoms with van der Waals surface area (Å²) in [5.41, 5.74) is 1.15. The van der Waals surface area contributed by atoms with Crippen LogP contribution in [0, 0.1) is 10.8 Å². The minimum atomic E-state index is -0.204. The number of piperidine rings is 1. The number of carbonyl (C=O) groups is 1. The predicted octanol–water partition coefficient (Wildman–Crippen LogP) is 2.75. The lowest BCUT2D eigenvalue weighted by atomic mass is 9.60. The van der Waals surface area contributed by atoms with Gasteiger partial charge >= 0.3 is 0 Å². The molecule has 5 rings (SSSR count). The van der Waals surface area contributed by atoms with Gasteiger partial charge in [-0.3, -0.25) is 19.6 Å². The average Bonchev–Trinajstić information content (AvgIpc) is 3.41. The van der Waals surface area contributed by atoms with E-state index in [2.05, 4.69) is 43.7 Å². The van der Waals surface area contributed by atoms with Gasteiger partial charge in [0.1, 0.15) is 0 Å². The predicted molar refractivity (Wildman–Crippen MR) is 111 cm³/mol. The number of nitrogens with zero attached hydrogens (tertiary/aromatic N) is 3. The van der Waals surface area contributed by atoms with Crippen LogP contribution in [0.15, 0.2) is 42.0 Å². The van der Waals surface area contributed by atoms with Crippen LogP contribution in [0.25, 0.3) is 0 Å². The highest BCUT2D eigenvalue weighted by atomic mass is 32.1. The number of hydrogen-bond acceptors (Lipinski definition) is 5. The van der Waals surface area contributed by atoms with Crippen LogP contribution in [0.3, 0.4) is 0 Å². The number of nitrogens with one attached hydrogen (secondary N) is 1. The smallest absolute Gasteiger partial charge is 0.228 e. The van der Waals surface area contributed by atoms with Crippen molar-refractivity contribution < 1.29 is 4.79 Å². The number of carbonyl (C=O) groups excluding carboxylic acids is 1. The molecule has 2 spiro atoms. The van der Waals surface area contributed by atoms with E-state index in [0.29, 0.717) is 5.91 Å². The van der Waals surface area contributed by atoms with Gasteiger partial charge in [-0.25, -0.2) is 0 Å². The van der Waals surface area contributed by atoms with E-state index in [1.807, 2.05) is 29.8 Å². The molecular formula is C22H28N4OS. The molecule has 2 aromatic rings. The van der Waals surface area contributed by atoms with Gasteiger partial charge in [-0.15, -0.1) is 11.3 Å². The molecule has 3 aliphatic rings. The Morgan fingerprint density at radius 1 is 1.07 bits per heavy atom. The highest BCUT2D eigenvalue weighted by molar-refractivity contribution is 7.09. The number of likely N-dealkylation sites (tertiary alicyclic amines) is 2. The van der Waals surface area contributed by atoms with Gasteiger partial charge in [0, 0.05) is 55.4 Å². The Kier molecular flexibility index (Phi) is 4.73. The summed E-state index contributed by atoms with van der Waals surface area (Å²) in [6.45, 7) is 6.87. The van der Waals surface area contributed by atoms with Gasteiger partial charge in [0.05, 0.1) is 5.41 Å². The zero-order chi connectivity index (χ0) is 19.0. The molecule has 0 aliphatic carbocycles. The van der Waals surface area contributed by atoms with Crippen LogP contribution >= 0.6 is 11.3 Å². The van der Waals surface area contributed by atoms with E-state index < -0.39 is 0 Å². The third-order valence-corrected chi connectivity index (χ3v) is 8.07. The first-order valence-corrected chi connectivity index (χ1v) is 11.2. The fourth-order valence-electron chi connectivity index (χ4n) is 5.77. The molecule has 0 bridgehead atoms. The first-order valence-electron chi connectivity index (χ1n) is 10.3. The molecule has 0 radical (unpaired) electrons. The number of amides is 1. The average molecular weight is 397 g/mol. The number of thiophene rings is 1. The number of hydrogen-bond donors (Lipinski definition) is 1. The van der Waals surface area contributed by atoms with E-state index in [1.165, 1.54) is 10.4 Å². The van der Waals surface area contributed by atoms with Crippen molar-refractivity contribution in [2.75, 3.05) is 32.7 Å². The summed E-state index contributed by atoms with van der Waals surface area (Å²) in [7, 11) is 0. The molecule has 5 nitrogen and oxygen atoms in total. The lowest BCUT2D eigenvalue weighted by Gasteiger charge is -2.46. The summed E-state index contributed by atoms with van der Waals surface area (Å²) in [6.07, 6.45) is 7.01. The van der Waals surface area contributed by atoms with Crippen molar-refractivity contribution in [2.45, 2.75) is 32.4 Å². The molecule has 0 aromatic carbocycles. The summed E-state index contributed by atoms with van der Waals surface area (Å²) in [5, 5.41) is 5.32. The second-order valence-electron chi connectivity index (χ2n) is 8.73. The van der Waals surface area contributed by atoms with E-state index in [0.717, 1.165) is 65.1 Å². The van der Waals surface area contributed by atoms with E-state index in [-0.39, 0.29) is 10.8 Å². The van der Waals surface area contributed by atoms with E-state index in [1.54, 1.807) is 0 Å². The molecule has 3 aliphatic heterocycles. The van der Waals surface area contributed by atoms with Crippen molar-refractivity contribution in [1.82, 2.24) is 20.1 Å². The maximum atomic E-state index is 13.0. The largest absolute Gasteiger partial charge is 0.356 e. The fourth-order valence-corrected chi connectivity index (χ4v) is 6.52. The SMILES string of the molecule is O=C1NCC[C@@]12CN(Cc1cccnc1)CC21CCN(Cc2cccs2)CC1. The molecule has 1 amide bonds. The van der Waals surface area contributed by atoms with Crippen LogP contribution in [0.5, 0.6) is 0 Å². The standard InChI is InChI=1S/C22H28N4OS/c27-20-22(5-9-24-20)17-26(14-18-3-1-8-23-13-18)16-21(22)6-10-25(11-7-21)15-19-4-2-12-28-19/h1-4,8,12-13H,5-7,9-11,14-17H2,(H,24,27)/t22-/m1/s1. The summed E-state index contributed by atoms with van der Waals surface area (Å²) >= 11 is 1.84. The molecule has 0 unspecified atom stereocenters. The highest BCUT2D eigenvalue weighted by Crippen LogP contribution is 2.56. The van der Waals surface area contributed by atoms with Gasteiger partial charge in [-0.1, -0.05) is 12.1 Å². The lowest BCUT2D eigenvalue weighted by Crippen LogP contribution is -2.52. The minimum Gasteiger partial charge on any atom is -0.356 e. The number of pyridine rings is 1. The molecule has 148 valence electrons. The third-order valence-electron chi connectivity index (χ3n) is 7.21. The van der Waals surface area contributed by atoms with Gasteiger partial charge in [0.25, 0.3) is 0 Å². The van der Waals surface area contributed by atoms with Crippen LogP contribution in [-0.4, -0.2) is 53.4 Å². The number of rotatable bonds is 4. The van der Waals surface area contributed by atoms with Gasteiger partial charge in [0.2, 0.25) is 5.91 Å². The Hall–Kier alpha value is -1.76. The molecule has 1 N–H and O–H groups in total. The van der Waals surface area contributed by atoms with E-state index in [4.69, 9.17) is 0 Å². The highest BCUT2D eigenvalue weighted by Gasteiger charge is 2.63. The van der Waals surface area contributed by atoms with Crippen molar-refractivity contribution in [3.05, 3.63) is 52.5 Å². The van der Waals surface area contributed by atoms with Crippen LogP contribution in [0.4, 0.5) is 0 Å². The van der Waals surface area contributed by atoms with Crippen molar-refractivity contribution in [3.8, 4) is 0 Å². The van der Waals surface area contributed by atoms with E-state index in [9.17, 15) is 4.79 Å². The van der Waals surface area contributed by atoms with Crippen LogP contribution in [0.2, 0.25) is 0 Å². The Morgan fingerprint density at radius 2 is 1.96 bits per heavy atom. The Balaban J connectivity index is 1.34. The summed E-state index contributed by atoms with van der Waals surface area (Å²) in [5.74, 6) is 0.299. The molecule has 2 aromatic heterocycles. The molecule has 3 saturated heterocycles. The first-order chi connectivity index (χ1) is 13.7. The lowest BCUT2D eigenvalue weighted by molar-refractivity contribution is -0.134. The van der Waals surface area contributed by atoms with Gasteiger partial charge in [-0.05, 0) is 55.4 Å². The molecule has 3 fully saturated rings.